The van der Waals surface area contributed by atoms with Crippen molar-refractivity contribution in [2.75, 3.05) is 36.0 Å². The van der Waals surface area contributed by atoms with Gasteiger partial charge in [0.1, 0.15) is 5.82 Å². The summed E-state index contributed by atoms with van der Waals surface area (Å²) in [5.41, 5.74) is 0.991. The van der Waals surface area contributed by atoms with Crippen molar-refractivity contribution >= 4 is 46.4 Å². The Morgan fingerprint density at radius 1 is 0.929 bits per heavy atom. The molecule has 2 aromatic rings. The Hall–Kier alpha value is -2.15. The standard InChI is InChI=1S/C20H18Cl2FN3O2/c21-14-6-5-13(11-15(14)22)26-19(27)12-18(20(26)28)25-9-7-24(8-10-25)17-4-2-1-3-16(17)23/h1-6,11,18H,7-10,12H2. The van der Waals surface area contributed by atoms with Gasteiger partial charge >= 0.3 is 0 Å². The maximum absolute atomic E-state index is 14.0. The van der Waals surface area contributed by atoms with Gasteiger partial charge in [-0.15, -0.1) is 0 Å². The number of benzene rings is 2. The zero-order chi connectivity index (χ0) is 19.8. The van der Waals surface area contributed by atoms with E-state index in [1.807, 2.05) is 9.80 Å². The minimum absolute atomic E-state index is 0.124. The van der Waals surface area contributed by atoms with Crippen molar-refractivity contribution in [3.63, 3.8) is 0 Å². The number of piperazine rings is 1. The number of carbonyl (C=O) groups is 2. The van der Waals surface area contributed by atoms with Crippen molar-refractivity contribution in [1.82, 2.24) is 4.90 Å². The molecule has 146 valence electrons. The Balaban J connectivity index is 1.46. The van der Waals surface area contributed by atoms with E-state index in [-0.39, 0.29) is 24.1 Å². The Kier molecular flexibility index (Phi) is 5.27. The van der Waals surface area contributed by atoms with Gasteiger partial charge in [-0.1, -0.05) is 35.3 Å². The van der Waals surface area contributed by atoms with Crippen LogP contribution in [-0.2, 0) is 9.59 Å². The Bertz CT molecular complexity index is 931. The molecule has 2 saturated heterocycles. The van der Waals surface area contributed by atoms with Crippen LogP contribution >= 0.6 is 23.2 Å². The Morgan fingerprint density at radius 2 is 1.64 bits per heavy atom. The van der Waals surface area contributed by atoms with Gasteiger partial charge in [0, 0.05) is 26.2 Å². The van der Waals surface area contributed by atoms with Gasteiger partial charge in [-0.2, -0.15) is 0 Å². The van der Waals surface area contributed by atoms with E-state index >= 15 is 0 Å². The van der Waals surface area contributed by atoms with Crippen molar-refractivity contribution in [3.05, 3.63) is 58.3 Å². The van der Waals surface area contributed by atoms with Gasteiger partial charge in [-0.25, -0.2) is 9.29 Å². The van der Waals surface area contributed by atoms with Crippen molar-refractivity contribution in [3.8, 4) is 0 Å². The topological polar surface area (TPSA) is 43.9 Å². The second-order valence-corrected chi connectivity index (χ2v) is 7.67. The van der Waals surface area contributed by atoms with E-state index < -0.39 is 6.04 Å². The molecule has 2 aromatic carbocycles. The number of halogens is 3. The summed E-state index contributed by atoms with van der Waals surface area (Å²) in [6, 6.07) is 10.9. The lowest BCUT2D eigenvalue weighted by atomic mass is 10.1. The van der Waals surface area contributed by atoms with Crippen molar-refractivity contribution in [2.45, 2.75) is 12.5 Å². The molecule has 4 rings (SSSR count). The smallest absolute Gasteiger partial charge is 0.251 e. The fraction of sp³-hybridized carbons (Fsp3) is 0.300. The van der Waals surface area contributed by atoms with Crippen LogP contribution in [0.25, 0.3) is 0 Å². The molecular formula is C20H18Cl2FN3O2. The number of hydrogen-bond donors (Lipinski definition) is 0. The van der Waals surface area contributed by atoms with Gasteiger partial charge in [0.05, 0.1) is 33.9 Å². The SMILES string of the molecule is O=C1CC(N2CCN(c3ccccc3F)CC2)C(=O)N1c1ccc(Cl)c(Cl)c1. The third-order valence-electron chi connectivity index (χ3n) is 5.23. The van der Waals surface area contributed by atoms with E-state index in [4.69, 9.17) is 23.2 Å². The molecule has 8 heteroatoms. The third kappa shape index (κ3) is 3.48. The molecular weight excluding hydrogens is 404 g/mol. The van der Waals surface area contributed by atoms with Crippen LogP contribution in [0, 0.1) is 5.82 Å². The molecule has 2 aliphatic heterocycles. The highest BCUT2D eigenvalue weighted by molar-refractivity contribution is 6.42. The molecule has 28 heavy (non-hydrogen) atoms. The first-order valence-corrected chi connectivity index (χ1v) is 9.76. The first-order valence-electron chi connectivity index (χ1n) is 9.01. The first kappa shape index (κ1) is 19.2. The lowest BCUT2D eigenvalue weighted by Crippen LogP contribution is -2.52. The van der Waals surface area contributed by atoms with E-state index in [1.165, 1.54) is 17.0 Å². The van der Waals surface area contributed by atoms with E-state index in [0.717, 1.165) is 0 Å². The number of para-hydroxylation sites is 1. The van der Waals surface area contributed by atoms with Crippen LogP contribution < -0.4 is 9.80 Å². The summed E-state index contributed by atoms with van der Waals surface area (Å²) in [7, 11) is 0. The van der Waals surface area contributed by atoms with Crippen LogP contribution in [0.15, 0.2) is 42.5 Å². The molecule has 0 spiro atoms. The largest absolute Gasteiger partial charge is 0.367 e. The second-order valence-electron chi connectivity index (χ2n) is 6.86. The van der Waals surface area contributed by atoms with E-state index in [0.29, 0.717) is 47.6 Å². The molecule has 2 heterocycles. The number of hydrogen-bond acceptors (Lipinski definition) is 4. The lowest BCUT2D eigenvalue weighted by Gasteiger charge is -2.38. The zero-order valence-corrected chi connectivity index (χ0v) is 16.5. The van der Waals surface area contributed by atoms with Crippen molar-refractivity contribution < 1.29 is 14.0 Å². The number of imide groups is 1. The summed E-state index contributed by atoms with van der Waals surface area (Å²) in [4.78, 5) is 30.6. The van der Waals surface area contributed by atoms with Crippen LogP contribution in [0.4, 0.5) is 15.8 Å². The number of nitrogens with zero attached hydrogens (tertiary/aromatic N) is 3. The summed E-state index contributed by atoms with van der Waals surface area (Å²) < 4.78 is 14.0. The number of amides is 2. The molecule has 2 aliphatic rings. The zero-order valence-electron chi connectivity index (χ0n) is 14.9. The average molecular weight is 422 g/mol. The predicted octanol–water partition coefficient (Wildman–Crippen LogP) is 3.59. The van der Waals surface area contributed by atoms with Gasteiger partial charge in [0.15, 0.2) is 0 Å². The van der Waals surface area contributed by atoms with Crippen LogP contribution in [0.3, 0.4) is 0 Å². The monoisotopic (exact) mass is 421 g/mol. The molecule has 0 radical (unpaired) electrons. The Morgan fingerprint density at radius 3 is 2.32 bits per heavy atom. The van der Waals surface area contributed by atoms with Crippen molar-refractivity contribution in [2.24, 2.45) is 0 Å². The molecule has 1 atom stereocenters. The van der Waals surface area contributed by atoms with Gasteiger partial charge in [-0.3, -0.25) is 14.5 Å². The quantitative estimate of drug-likeness (QED) is 0.710. The summed E-state index contributed by atoms with van der Waals surface area (Å²) in [5.74, 6) is -0.776. The number of anilines is 2. The molecule has 0 saturated carbocycles. The van der Waals surface area contributed by atoms with E-state index in [9.17, 15) is 14.0 Å². The highest BCUT2D eigenvalue weighted by atomic mass is 35.5. The van der Waals surface area contributed by atoms with Gasteiger partial charge in [0.25, 0.3) is 5.91 Å². The first-order chi connectivity index (χ1) is 13.5. The summed E-state index contributed by atoms with van der Waals surface area (Å²) >= 11 is 12.0. The van der Waals surface area contributed by atoms with Crippen molar-refractivity contribution in [1.29, 1.82) is 0 Å². The highest BCUT2D eigenvalue weighted by Gasteiger charge is 2.43. The van der Waals surface area contributed by atoms with Gasteiger partial charge in [-0.05, 0) is 30.3 Å². The molecule has 0 aromatic heterocycles. The average Bonchev–Trinajstić information content (AvgIpc) is 2.99. The van der Waals surface area contributed by atoms with Crippen LogP contribution in [0.2, 0.25) is 10.0 Å². The maximum atomic E-state index is 14.0. The Labute approximate surface area is 172 Å². The molecule has 1 unspecified atom stereocenters. The summed E-state index contributed by atoms with van der Waals surface area (Å²) in [5, 5.41) is 0.659. The van der Waals surface area contributed by atoms with E-state index in [1.54, 1.807) is 30.3 Å². The third-order valence-corrected chi connectivity index (χ3v) is 5.97. The maximum Gasteiger partial charge on any atom is 0.251 e. The second kappa shape index (κ2) is 7.70. The molecule has 0 aliphatic carbocycles. The number of rotatable bonds is 3. The molecule has 0 N–H and O–H groups in total. The summed E-state index contributed by atoms with van der Waals surface area (Å²) in [6.07, 6.45) is 0.124. The summed E-state index contributed by atoms with van der Waals surface area (Å²) in [6.45, 7) is 2.33. The lowest BCUT2D eigenvalue weighted by molar-refractivity contribution is -0.123. The predicted molar refractivity (Wildman–Crippen MR) is 108 cm³/mol. The molecule has 2 amide bonds. The fourth-order valence-electron chi connectivity index (χ4n) is 3.78. The molecule has 5 nitrogen and oxygen atoms in total. The van der Waals surface area contributed by atoms with Crippen LogP contribution in [-0.4, -0.2) is 48.9 Å². The minimum atomic E-state index is -0.510. The normalized spacial score (nSPS) is 20.9. The minimum Gasteiger partial charge on any atom is -0.367 e. The van der Waals surface area contributed by atoms with Gasteiger partial charge in [0.2, 0.25) is 5.91 Å². The number of carbonyl (C=O) groups excluding carboxylic acids is 2. The van der Waals surface area contributed by atoms with Crippen LogP contribution in [0.1, 0.15) is 6.42 Å². The molecule has 2 fully saturated rings. The molecule has 0 bridgehead atoms. The van der Waals surface area contributed by atoms with Crippen LogP contribution in [0.5, 0.6) is 0 Å². The van der Waals surface area contributed by atoms with E-state index in [2.05, 4.69) is 0 Å². The highest BCUT2D eigenvalue weighted by Crippen LogP contribution is 2.32. The fourth-order valence-corrected chi connectivity index (χ4v) is 4.07. The van der Waals surface area contributed by atoms with Gasteiger partial charge < -0.3 is 4.90 Å².